The molecule has 2 aliphatic carbocycles. The maximum atomic E-state index is 14.5. The van der Waals surface area contributed by atoms with Crippen molar-refractivity contribution in [3.63, 3.8) is 0 Å². The van der Waals surface area contributed by atoms with Crippen LogP contribution in [-0.4, -0.2) is 51.7 Å². The summed E-state index contributed by atoms with van der Waals surface area (Å²) in [4.78, 5) is 42.9. The standard InChI is InChI=1S/C39H41NO8S/c1-5-8-21-22-13-17(2)25(18(3)44)33-32-27(22)31-28(23(16-43)39(49-12-11-41)37(47)34(31)36(21)46)26-19(15-42)14-24(45)29(30(26)32)35(38(33)48-4)40-20-9-6-7-10-20/h13-14,20,25,40-43,46H,5-12,15-16H2,1-4H3. The number of phenols is 1. The van der Waals surface area contributed by atoms with Crippen LogP contribution in [-0.2, 0) is 24.4 Å². The predicted molar refractivity (Wildman–Crippen MR) is 196 cm³/mol. The zero-order valence-electron chi connectivity index (χ0n) is 28.2. The highest BCUT2D eigenvalue weighted by molar-refractivity contribution is 7.99. The molecule has 7 rings (SSSR count). The Morgan fingerprint density at radius 2 is 1.67 bits per heavy atom. The number of benzene rings is 5. The molecule has 10 heteroatoms. The predicted octanol–water partition coefficient (Wildman–Crippen LogP) is 6.08. The molecular formula is C39H41NO8S. The van der Waals surface area contributed by atoms with Gasteiger partial charge in [-0.1, -0.05) is 37.8 Å². The third-order valence-corrected chi connectivity index (χ3v) is 11.7. The number of aliphatic hydroxyl groups is 3. The third-order valence-electron chi connectivity index (χ3n) is 10.6. The van der Waals surface area contributed by atoms with Gasteiger partial charge in [-0.15, -0.1) is 11.8 Å². The fourth-order valence-corrected chi connectivity index (χ4v) is 9.65. The molecule has 0 aliphatic heterocycles. The number of phenolic OH excluding ortho intramolecular Hbond substituents is 1. The fourth-order valence-electron chi connectivity index (χ4n) is 8.78. The van der Waals surface area contributed by atoms with Crippen LogP contribution in [0.25, 0.3) is 49.2 Å². The Kier molecular flexibility index (Phi) is 8.71. The molecule has 5 N–H and O–H groups in total. The maximum absolute atomic E-state index is 14.5. The molecule has 49 heavy (non-hydrogen) atoms. The van der Waals surface area contributed by atoms with Crippen LogP contribution in [0.4, 0.5) is 5.69 Å². The van der Waals surface area contributed by atoms with Gasteiger partial charge in [0, 0.05) is 39.3 Å². The summed E-state index contributed by atoms with van der Waals surface area (Å²) in [5.41, 5.74) is 2.82. The van der Waals surface area contributed by atoms with E-state index in [1.807, 2.05) is 19.9 Å². The number of allylic oxidation sites excluding steroid dienone is 1. The first kappa shape index (κ1) is 33.5. The molecule has 1 saturated carbocycles. The Bertz CT molecular complexity index is 2330. The van der Waals surface area contributed by atoms with E-state index in [1.54, 1.807) is 0 Å². The van der Waals surface area contributed by atoms with Gasteiger partial charge in [0.1, 0.15) is 17.3 Å². The maximum Gasteiger partial charge on any atom is 0.204 e. The summed E-state index contributed by atoms with van der Waals surface area (Å²) in [5.74, 6) is -0.511. The molecule has 1 atom stereocenters. The Labute approximate surface area is 287 Å². The van der Waals surface area contributed by atoms with Crippen molar-refractivity contribution in [2.75, 3.05) is 24.8 Å². The Balaban J connectivity index is 1.92. The highest BCUT2D eigenvalue weighted by Gasteiger charge is 2.38. The van der Waals surface area contributed by atoms with Crippen LogP contribution in [0.5, 0.6) is 11.5 Å². The van der Waals surface area contributed by atoms with Crippen LogP contribution in [0.15, 0.2) is 26.1 Å². The zero-order valence-corrected chi connectivity index (χ0v) is 29.0. The van der Waals surface area contributed by atoms with Gasteiger partial charge in [-0.2, -0.15) is 0 Å². The largest absolute Gasteiger partial charge is 0.507 e. The van der Waals surface area contributed by atoms with Crippen molar-refractivity contribution in [1.29, 1.82) is 0 Å². The number of hydrogen-bond acceptors (Lipinski definition) is 10. The number of aliphatic hydroxyl groups excluding tert-OH is 3. The molecule has 0 bridgehead atoms. The summed E-state index contributed by atoms with van der Waals surface area (Å²) in [6.07, 6.45) is 6.90. The van der Waals surface area contributed by atoms with Crippen LogP contribution < -0.4 is 20.9 Å². The van der Waals surface area contributed by atoms with Crippen molar-refractivity contribution in [2.24, 2.45) is 0 Å². The van der Waals surface area contributed by atoms with E-state index in [-0.39, 0.29) is 45.6 Å². The number of rotatable bonds is 11. The van der Waals surface area contributed by atoms with E-state index >= 15 is 0 Å². The molecule has 1 fully saturated rings. The van der Waals surface area contributed by atoms with Crippen molar-refractivity contribution >= 4 is 72.4 Å². The molecule has 0 amide bonds. The molecule has 0 spiro atoms. The normalized spacial score (nSPS) is 16.5. The number of ketones is 1. The number of carbonyl (C=O) groups excluding carboxylic acids is 1. The third kappa shape index (κ3) is 4.75. The van der Waals surface area contributed by atoms with Crippen molar-refractivity contribution in [2.45, 2.75) is 89.4 Å². The van der Waals surface area contributed by atoms with Gasteiger partial charge in [0.2, 0.25) is 5.43 Å². The van der Waals surface area contributed by atoms with Crippen molar-refractivity contribution in [3.8, 4) is 11.5 Å². The Morgan fingerprint density at radius 1 is 0.959 bits per heavy atom. The number of fused-ring (bicyclic) bond motifs is 1. The summed E-state index contributed by atoms with van der Waals surface area (Å²) in [7, 11) is 1.54. The minimum atomic E-state index is -0.775. The molecule has 5 aromatic carbocycles. The van der Waals surface area contributed by atoms with Gasteiger partial charge in [0.15, 0.2) is 5.43 Å². The van der Waals surface area contributed by atoms with E-state index in [2.05, 4.69) is 5.32 Å². The van der Waals surface area contributed by atoms with Gasteiger partial charge in [0.25, 0.3) is 0 Å². The first-order valence-corrected chi connectivity index (χ1v) is 18.0. The number of carbonyl (C=O) groups is 1. The second kappa shape index (κ2) is 12.7. The first-order chi connectivity index (χ1) is 23.6. The molecule has 2 aliphatic rings. The molecule has 1 unspecified atom stereocenters. The van der Waals surface area contributed by atoms with E-state index in [0.717, 1.165) is 43.0 Å². The lowest BCUT2D eigenvalue weighted by Crippen LogP contribution is -2.20. The fraction of sp³-hybridized carbons (Fsp3) is 0.410. The summed E-state index contributed by atoms with van der Waals surface area (Å²) >= 11 is 1.10. The van der Waals surface area contributed by atoms with Gasteiger partial charge in [0.05, 0.1) is 54.2 Å². The molecular weight excluding hydrogens is 642 g/mol. The summed E-state index contributed by atoms with van der Waals surface area (Å²) < 4.78 is 6.23. The number of thioether (sulfide) groups is 1. The molecule has 0 heterocycles. The van der Waals surface area contributed by atoms with Crippen molar-refractivity contribution in [1.82, 2.24) is 0 Å². The highest BCUT2D eigenvalue weighted by Crippen LogP contribution is 2.56. The van der Waals surface area contributed by atoms with Crippen LogP contribution in [0.3, 0.4) is 0 Å². The second-order valence-corrected chi connectivity index (χ2v) is 14.5. The highest BCUT2D eigenvalue weighted by atomic mass is 32.2. The van der Waals surface area contributed by atoms with Crippen molar-refractivity contribution < 1.29 is 30.0 Å². The van der Waals surface area contributed by atoms with E-state index in [0.29, 0.717) is 89.8 Å². The van der Waals surface area contributed by atoms with Crippen LogP contribution in [0.2, 0.25) is 0 Å². The van der Waals surface area contributed by atoms with Crippen LogP contribution in [0.1, 0.15) is 86.6 Å². The minimum absolute atomic E-state index is 0.0774. The number of nitrogens with one attached hydrogen (secondary N) is 1. The molecule has 5 aromatic rings. The topological polar surface area (TPSA) is 153 Å². The molecule has 256 valence electrons. The minimum Gasteiger partial charge on any atom is -0.507 e. The van der Waals surface area contributed by atoms with Gasteiger partial charge in [-0.25, -0.2) is 0 Å². The van der Waals surface area contributed by atoms with E-state index < -0.39 is 24.6 Å². The van der Waals surface area contributed by atoms with E-state index in [1.165, 1.54) is 20.1 Å². The lowest BCUT2D eigenvalue weighted by Gasteiger charge is -2.28. The number of anilines is 1. The number of ether oxygens (including phenoxy) is 1. The molecule has 0 radical (unpaired) electrons. The van der Waals surface area contributed by atoms with Crippen molar-refractivity contribution in [3.05, 3.63) is 59.9 Å². The van der Waals surface area contributed by atoms with Gasteiger partial charge >= 0.3 is 0 Å². The number of methoxy groups -OCH3 is 1. The van der Waals surface area contributed by atoms with Gasteiger partial charge in [-0.3, -0.25) is 14.4 Å². The summed E-state index contributed by atoms with van der Waals surface area (Å²) in [6.45, 7) is 4.14. The molecule has 0 saturated heterocycles. The summed E-state index contributed by atoms with van der Waals surface area (Å²) in [5, 5.41) is 50.9. The Hall–Kier alpha value is -3.96. The Morgan fingerprint density at radius 3 is 2.29 bits per heavy atom. The average molecular weight is 684 g/mol. The smallest absolute Gasteiger partial charge is 0.204 e. The van der Waals surface area contributed by atoms with Gasteiger partial charge < -0.3 is 30.5 Å². The monoisotopic (exact) mass is 683 g/mol. The lowest BCUT2D eigenvalue weighted by molar-refractivity contribution is -0.117. The van der Waals surface area contributed by atoms with E-state index in [4.69, 9.17) is 4.74 Å². The SMILES string of the molecule is CCCc1c(O)c2c(=O)c(SCCO)c(CO)c3c4c(CO)cc(=O)c5c(NC6CCCC6)c(OC)c6c(c(c1C=C(C)C6C(C)=O)c23)c54. The lowest BCUT2D eigenvalue weighted by atomic mass is 9.78. The van der Waals surface area contributed by atoms with Crippen LogP contribution >= 0.6 is 11.8 Å². The first-order valence-electron chi connectivity index (χ1n) is 17.0. The molecule has 9 nitrogen and oxygen atoms in total. The number of hydrogen-bond donors (Lipinski definition) is 5. The van der Waals surface area contributed by atoms with Gasteiger partial charge in [-0.05, 0) is 71.8 Å². The molecule has 0 aromatic heterocycles. The van der Waals surface area contributed by atoms with Crippen LogP contribution in [0, 0.1) is 0 Å². The summed E-state index contributed by atoms with van der Waals surface area (Å²) in [6, 6.07) is 1.48. The average Bonchev–Trinajstić information content (AvgIpc) is 3.54. The number of Topliss-reactive ketones (excluding diaryl/α,β-unsaturated/α-hetero) is 1. The number of aromatic hydroxyl groups is 1. The second-order valence-electron chi connectivity index (χ2n) is 13.4. The quantitative estimate of drug-likeness (QED) is 0.0630. The zero-order chi connectivity index (χ0) is 34.9. The van der Waals surface area contributed by atoms with E-state index in [9.17, 15) is 34.8 Å².